The molecule has 0 spiro atoms. The Bertz CT molecular complexity index is 423. The van der Waals surface area contributed by atoms with Gasteiger partial charge in [0, 0.05) is 18.1 Å². The molecule has 2 fully saturated rings. The molecule has 0 saturated carbocycles. The molecule has 0 radical (unpaired) electrons. The van der Waals surface area contributed by atoms with Crippen molar-refractivity contribution in [3.05, 3.63) is 35.4 Å². The third-order valence-electron chi connectivity index (χ3n) is 5.04. The van der Waals surface area contributed by atoms with Gasteiger partial charge in [-0.1, -0.05) is 24.3 Å². The molecule has 1 aromatic carbocycles. The average molecular weight is 258 g/mol. The van der Waals surface area contributed by atoms with E-state index in [2.05, 4.69) is 48.3 Å². The highest BCUT2D eigenvalue weighted by Gasteiger charge is 2.35. The van der Waals surface area contributed by atoms with Gasteiger partial charge in [0.15, 0.2) is 0 Å². The van der Waals surface area contributed by atoms with Crippen LogP contribution in [0.15, 0.2) is 24.3 Å². The third kappa shape index (κ3) is 2.56. The Morgan fingerprint density at radius 2 is 2.05 bits per heavy atom. The quantitative estimate of drug-likeness (QED) is 0.895. The minimum atomic E-state index is 0.552. The van der Waals surface area contributed by atoms with Gasteiger partial charge in [-0.3, -0.25) is 4.90 Å². The second kappa shape index (κ2) is 5.64. The highest BCUT2D eigenvalue weighted by molar-refractivity contribution is 5.28. The van der Waals surface area contributed by atoms with Crippen LogP contribution in [0.5, 0.6) is 0 Å². The Labute approximate surface area is 117 Å². The highest BCUT2D eigenvalue weighted by atomic mass is 15.2. The van der Waals surface area contributed by atoms with Gasteiger partial charge in [-0.2, -0.15) is 0 Å². The van der Waals surface area contributed by atoms with E-state index in [1.165, 1.54) is 49.9 Å². The molecule has 2 aliphatic rings. The summed E-state index contributed by atoms with van der Waals surface area (Å²) in [6, 6.07) is 10.9. The summed E-state index contributed by atoms with van der Waals surface area (Å²) in [5.74, 6) is 0. The first kappa shape index (κ1) is 13.1. The van der Waals surface area contributed by atoms with E-state index in [1.807, 2.05) is 0 Å². The maximum absolute atomic E-state index is 3.71. The van der Waals surface area contributed by atoms with Crippen LogP contribution in [0.4, 0.5) is 0 Å². The number of rotatable bonds is 3. The number of hydrogen-bond donors (Lipinski definition) is 1. The van der Waals surface area contributed by atoms with E-state index in [-0.39, 0.29) is 0 Å². The molecular weight excluding hydrogens is 232 g/mol. The fourth-order valence-electron chi connectivity index (χ4n) is 4.00. The minimum absolute atomic E-state index is 0.552. The Balaban J connectivity index is 1.78. The van der Waals surface area contributed by atoms with Crippen molar-refractivity contribution >= 4 is 0 Å². The molecule has 0 aliphatic carbocycles. The molecular formula is C17H26N2. The van der Waals surface area contributed by atoms with E-state index >= 15 is 0 Å². The van der Waals surface area contributed by atoms with Crippen LogP contribution in [0, 0.1) is 6.92 Å². The monoisotopic (exact) mass is 258 g/mol. The molecule has 0 bridgehead atoms. The van der Waals surface area contributed by atoms with Crippen LogP contribution in [0.3, 0.4) is 0 Å². The largest absolute Gasteiger partial charge is 0.312 e. The normalized spacial score (nSPS) is 29.8. The summed E-state index contributed by atoms with van der Waals surface area (Å²) in [5.41, 5.74) is 2.94. The summed E-state index contributed by atoms with van der Waals surface area (Å²) >= 11 is 0. The molecule has 2 nitrogen and oxygen atoms in total. The van der Waals surface area contributed by atoms with E-state index < -0.39 is 0 Å². The Hall–Kier alpha value is -0.860. The Morgan fingerprint density at radius 1 is 1.21 bits per heavy atom. The zero-order valence-corrected chi connectivity index (χ0v) is 12.2. The number of benzene rings is 1. The molecule has 3 rings (SSSR count). The number of nitrogens with one attached hydrogen (secondary N) is 1. The predicted molar refractivity (Wildman–Crippen MR) is 80.3 cm³/mol. The van der Waals surface area contributed by atoms with E-state index in [9.17, 15) is 0 Å². The zero-order chi connectivity index (χ0) is 13.2. The lowest BCUT2D eigenvalue weighted by atomic mass is 9.98. The van der Waals surface area contributed by atoms with Gasteiger partial charge in [-0.15, -0.1) is 0 Å². The number of hydrogen-bond acceptors (Lipinski definition) is 2. The molecule has 0 aromatic heterocycles. The lowest BCUT2D eigenvalue weighted by molar-refractivity contribution is 0.163. The van der Waals surface area contributed by atoms with Crippen LogP contribution in [0.1, 0.15) is 49.8 Å². The topological polar surface area (TPSA) is 15.3 Å². The van der Waals surface area contributed by atoms with Crippen LogP contribution in [-0.4, -0.2) is 30.1 Å². The highest BCUT2D eigenvalue weighted by Crippen LogP contribution is 2.33. The molecule has 19 heavy (non-hydrogen) atoms. The number of nitrogens with zero attached hydrogens (tertiary/aromatic N) is 1. The lowest BCUT2D eigenvalue weighted by Crippen LogP contribution is -2.44. The average Bonchev–Trinajstić information content (AvgIpc) is 3.09. The molecule has 0 amide bonds. The van der Waals surface area contributed by atoms with Crippen LogP contribution in [0.25, 0.3) is 0 Å². The molecule has 1 aromatic rings. The van der Waals surface area contributed by atoms with Crippen molar-refractivity contribution in [1.29, 1.82) is 0 Å². The Kier molecular flexibility index (Phi) is 3.90. The van der Waals surface area contributed by atoms with Crippen molar-refractivity contribution in [2.24, 2.45) is 0 Å². The fourth-order valence-corrected chi connectivity index (χ4v) is 4.00. The van der Waals surface area contributed by atoms with Gasteiger partial charge in [0.1, 0.15) is 0 Å². The summed E-state index contributed by atoms with van der Waals surface area (Å²) in [5, 5.41) is 3.71. The smallest absolute Gasteiger partial charge is 0.0326 e. The van der Waals surface area contributed by atoms with Crippen molar-refractivity contribution in [2.75, 3.05) is 13.1 Å². The van der Waals surface area contributed by atoms with Gasteiger partial charge in [0.25, 0.3) is 0 Å². The van der Waals surface area contributed by atoms with Crippen LogP contribution >= 0.6 is 0 Å². The van der Waals surface area contributed by atoms with Crippen molar-refractivity contribution < 1.29 is 0 Å². The molecule has 1 N–H and O–H groups in total. The van der Waals surface area contributed by atoms with Gasteiger partial charge in [0.05, 0.1) is 0 Å². The number of aryl methyl sites for hydroxylation is 1. The van der Waals surface area contributed by atoms with Gasteiger partial charge in [-0.25, -0.2) is 0 Å². The van der Waals surface area contributed by atoms with E-state index in [1.54, 1.807) is 0 Å². The minimum Gasteiger partial charge on any atom is -0.312 e. The lowest BCUT2D eigenvalue weighted by Gasteiger charge is -2.35. The molecule has 3 unspecified atom stereocenters. The summed E-state index contributed by atoms with van der Waals surface area (Å²) in [6.45, 7) is 7.10. The van der Waals surface area contributed by atoms with Gasteiger partial charge >= 0.3 is 0 Å². The van der Waals surface area contributed by atoms with Crippen molar-refractivity contribution in [3.63, 3.8) is 0 Å². The maximum Gasteiger partial charge on any atom is 0.0326 e. The van der Waals surface area contributed by atoms with Crippen molar-refractivity contribution in [2.45, 2.75) is 57.7 Å². The second-order valence-electron chi connectivity index (χ2n) is 6.18. The van der Waals surface area contributed by atoms with Gasteiger partial charge < -0.3 is 5.32 Å². The molecule has 2 saturated heterocycles. The molecule has 104 valence electrons. The van der Waals surface area contributed by atoms with Crippen LogP contribution < -0.4 is 5.32 Å². The number of likely N-dealkylation sites (tertiary alicyclic amines) is 1. The van der Waals surface area contributed by atoms with Crippen molar-refractivity contribution in [3.8, 4) is 0 Å². The first-order valence-corrected chi connectivity index (χ1v) is 7.82. The van der Waals surface area contributed by atoms with Crippen LogP contribution in [-0.2, 0) is 0 Å². The SMILES string of the molecule is Cc1ccccc1C(C)N1CCCC1C1CCCN1. The van der Waals surface area contributed by atoms with Crippen LogP contribution in [0.2, 0.25) is 0 Å². The predicted octanol–water partition coefficient (Wildman–Crippen LogP) is 3.27. The van der Waals surface area contributed by atoms with E-state index in [4.69, 9.17) is 0 Å². The summed E-state index contributed by atoms with van der Waals surface area (Å²) in [7, 11) is 0. The van der Waals surface area contributed by atoms with E-state index in [0.717, 1.165) is 12.1 Å². The van der Waals surface area contributed by atoms with Crippen molar-refractivity contribution in [1.82, 2.24) is 10.2 Å². The molecule has 3 atom stereocenters. The van der Waals surface area contributed by atoms with Gasteiger partial charge in [0.2, 0.25) is 0 Å². The molecule has 2 heteroatoms. The van der Waals surface area contributed by atoms with E-state index in [0.29, 0.717) is 6.04 Å². The fraction of sp³-hybridized carbons (Fsp3) is 0.647. The summed E-state index contributed by atoms with van der Waals surface area (Å²) < 4.78 is 0. The zero-order valence-electron chi connectivity index (χ0n) is 12.2. The first-order valence-electron chi connectivity index (χ1n) is 7.82. The summed E-state index contributed by atoms with van der Waals surface area (Å²) in [6.07, 6.45) is 5.45. The standard InChI is InChI=1S/C17H26N2/c1-13-7-3-4-8-15(13)14(2)19-12-6-10-17(19)16-9-5-11-18-16/h3-4,7-8,14,16-18H,5-6,9-12H2,1-2H3. The molecule has 2 aliphatic heterocycles. The maximum atomic E-state index is 3.71. The third-order valence-corrected chi connectivity index (χ3v) is 5.04. The molecule has 2 heterocycles. The summed E-state index contributed by atoms with van der Waals surface area (Å²) in [4.78, 5) is 2.74. The Morgan fingerprint density at radius 3 is 2.79 bits per heavy atom. The first-order chi connectivity index (χ1) is 9.27. The van der Waals surface area contributed by atoms with Gasteiger partial charge in [-0.05, 0) is 63.7 Å². The second-order valence-corrected chi connectivity index (χ2v) is 6.18.